The fraction of sp³-hybridized carbons (Fsp3) is 0.444. The second-order valence-corrected chi connectivity index (χ2v) is 9.46. The Morgan fingerprint density at radius 3 is 2.32 bits per heavy atom. The minimum atomic E-state index is -0.852. The molecule has 3 atom stereocenters. The smallest absolute Gasteiger partial charge is 0.407 e. The number of hydrogen-bond donors (Lipinski definition) is 2. The molecule has 2 N–H and O–H groups in total. The summed E-state index contributed by atoms with van der Waals surface area (Å²) in [6.45, 7) is 4.84. The summed E-state index contributed by atoms with van der Waals surface area (Å²) in [5, 5.41) is 12.2. The van der Waals surface area contributed by atoms with E-state index in [4.69, 9.17) is 4.74 Å². The first-order valence-corrected chi connectivity index (χ1v) is 12.0. The number of nitrogens with one attached hydrogen (secondary N) is 1. The first-order valence-electron chi connectivity index (χ1n) is 12.0. The zero-order chi connectivity index (χ0) is 24.2. The molecule has 34 heavy (non-hydrogen) atoms. The van der Waals surface area contributed by atoms with Gasteiger partial charge in [0.2, 0.25) is 5.91 Å². The third-order valence-electron chi connectivity index (χ3n) is 7.13. The predicted octanol–water partition coefficient (Wildman–Crippen LogP) is 4.26. The van der Waals surface area contributed by atoms with E-state index in [9.17, 15) is 19.5 Å². The van der Waals surface area contributed by atoms with Gasteiger partial charge in [0.15, 0.2) is 0 Å². The summed E-state index contributed by atoms with van der Waals surface area (Å²) < 4.78 is 5.58. The van der Waals surface area contributed by atoms with E-state index in [0.717, 1.165) is 11.1 Å². The first kappa shape index (κ1) is 23.8. The average molecular weight is 465 g/mol. The molecule has 1 fully saturated rings. The van der Waals surface area contributed by atoms with Gasteiger partial charge in [-0.2, -0.15) is 0 Å². The maximum absolute atomic E-state index is 12.6. The Balaban J connectivity index is 1.25. The molecule has 0 saturated carbocycles. The number of rotatable bonds is 7. The van der Waals surface area contributed by atoms with E-state index in [1.54, 1.807) is 4.90 Å². The van der Waals surface area contributed by atoms with Crippen LogP contribution < -0.4 is 5.32 Å². The highest BCUT2D eigenvalue weighted by Crippen LogP contribution is 2.44. The highest BCUT2D eigenvalue weighted by Gasteiger charge is 2.33. The number of piperidine rings is 1. The summed E-state index contributed by atoms with van der Waals surface area (Å²) >= 11 is 0. The van der Waals surface area contributed by atoms with Crippen molar-refractivity contribution in [1.29, 1.82) is 0 Å². The van der Waals surface area contributed by atoms with Gasteiger partial charge >= 0.3 is 12.1 Å². The van der Waals surface area contributed by atoms with Gasteiger partial charge in [0.25, 0.3) is 0 Å². The van der Waals surface area contributed by atoms with Gasteiger partial charge in [0.1, 0.15) is 6.61 Å². The Morgan fingerprint density at radius 1 is 1.09 bits per heavy atom. The van der Waals surface area contributed by atoms with Gasteiger partial charge in [-0.3, -0.25) is 9.59 Å². The molecule has 0 spiro atoms. The highest BCUT2D eigenvalue weighted by molar-refractivity contribution is 5.79. The zero-order valence-electron chi connectivity index (χ0n) is 19.7. The molecule has 2 amide bonds. The largest absolute Gasteiger partial charge is 0.481 e. The molecule has 2 aliphatic rings. The normalized spacial score (nSPS) is 20.2. The summed E-state index contributed by atoms with van der Waals surface area (Å²) in [6.07, 6.45) is 0.911. The summed E-state index contributed by atoms with van der Waals surface area (Å²) in [4.78, 5) is 38.1. The summed E-state index contributed by atoms with van der Waals surface area (Å²) in [6, 6.07) is 16.1. The molecule has 7 heteroatoms. The minimum Gasteiger partial charge on any atom is -0.481 e. The SMILES string of the molecule is CC(CCC(=O)N1CCC(C)C(C(=O)O)C1)NC(=O)OCC1c2ccccc2-c2ccccc21. The van der Waals surface area contributed by atoms with E-state index >= 15 is 0 Å². The molecule has 2 aromatic rings. The van der Waals surface area contributed by atoms with Gasteiger partial charge in [0, 0.05) is 31.5 Å². The average Bonchev–Trinajstić information content (AvgIpc) is 3.15. The van der Waals surface area contributed by atoms with Gasteiger partial charge in [-0.25, -0.2) is 4.79 Å². The Morgan fingerprint density at radius 2 is 1.71 bits per heavy atom. The summed E-state index contributed by atoms with van der Waals surface area (Å²) in [5.41, 5.74) is 4.67. The van der Waals surface area contributed by atoms with Crippen molar-refractivity contribution < 1.29 is 24.2 Å². The molecule has 7 nitrogen and oxygen atoms in total. The lowest BCUT2D eigenvalue weighted by atomic mass is 9.87. The number of amides is 2. The van der Waals surface area contributed by atoms with Crippen molar-refractivity contribution in [1.82, 2.24) is 10.2 Å². The van der Waals surface area contributed by atoms with Gasteiger partial charge in [-0.05, 0) is 47.9 Å². The van der Waals surface area contributed by atoms with Crippen LogP contribution in [0, 0.1) is 11.8 Å². The van der Waals surface area contributed by atoms with Crippen molar-refractivity contribution in [2.24, 2.45) is 11.8 Å². The lowest BCUT2D eigenvalue weighted by molar-refractivity contribution is -0.148. The van der Waals surface area contributed by atoms with Crippen molar-refractivity contribution in [2.45, 2.75) is 45.1 Å². The number of hydrogen-bond acceptors (Lipinski definition) is 4. The van der Waals surface area contributed by atoms with Crippen LogP contribution in [0.5, 0.6) is 0 Å². The number of carboxylic acids is 1. The molecular formula is C27H32N2O5. The lowest BCUT2D eigenvalue weighted by Gasteiger charge is -2.35. The van der Waals surface area contributed by atoms with E-state index in [1.165, 1.54) is 11.1 Å². The van der Waals surface area contributed by atoms with Gasteiger partial charge in [-0.15, -0.1) is 0 Å². The molecule has 2 aromatic carbocycles. The van der Waals surface area contributed by atoms with Crippen molar-refractivity contribution in [2.75, 3.05) is 19.7 Å². The maximum atomic E-state index is 12.6. The van der Waals surface area contributed by atoms with E-state index in [0.29, 0.717) is 19.4 Å². The van der Waals surface area contributed by atoms with Crippen LogP contribution in [-0.4, -0.2) is 53.7 Å². The highest BCUT2D eigenvalue weighted by atomic mass is 16.5. The first-order chi connectivity index (χ1) is 16.3. The van der Waals surface area contributed by atoms with Crippen LogP contribution >= 0.6 is 0 Å². The molecule has 0 radical (unpaired) electrons. The van der Waals surface area contributed by atoms with Crippen LogP contribution in [0.15, 0.2) is 48.5 Å². The van der Waals surface area contributed by atoms with Crippen LogP contribution in [-0.2, 0) is 14.3 Å². The predicted molar refractivity (Wildman–Crippen MR) is 128 cm³/mol. The number of fused-ring (bicyclic) bond motifs is 3. The molecular weight excluding hydrogens is 432 g/mol. The van der Waals surface area contributed by atoms with Crippen LogP contribution in [0.3, 0.4) is 0 Å². The molecule has 1 aliphatic carbocycles. The quantitative estimate of drug-likeness (QED) is 0.638. The number of carboxylic acid groups (broad SMARTS) is 1. The summed E-state index contributed by atoms with van der Waals surface area (Å²) in [5.74, 6) is -1.38. The maximum Gasteiger partial charge on any atom is 0.407 e. The van der Waals surface area contributed by atoms with E-state index in [-0.39, 0.29) is 43.4 Å². The Labute approximate surface area is 200 Å². The standard InChI is InChI=1S/C27H32N2O5/c1-17-13-14-29(15-23(17)26(31)32)25(30)12-11-18(2)28-27(33)34-16-24-21-9-5-3-7-19(21)20-8-4-6-10-22(20)24/h3-10,17-18,23-24H,11-16H2,1-2H3,(H,28,33)(H,31,32). The van der Waals surface area contributed by atoms with Gasteiger partial charge in [0.05, 0.1) is 5.92 Å². The van der Waals surface area contributed by atoms with Crippen molar-refractivity contribution >= 4 is 18.0 Å². The number of ether oxygens (including phenoxy) is 1. The fourth-order valence-electron chi connectivity index (χ4n) is 5.03. The number of carbonyl (C=O) groups is 3. The Hall–Kier alpha value is -3.35. The molecule has 180 valence electrons. The number of aliphatic carboxylic acids is 1. The molecule has 3 unspecified atom stereocenters. The third-order valence-corrected chi connectivity index (χ3v) is 7.13. The topological polar surface area (TPSA) is 95.9 Å². The lowest BCUT2D eigenvalue weighted by Crippen LogP contribution is -2.46. The Bertz CT molecular complexity index is 1020. The number of likely N-dealkylation sites (tertiary alicyclic amines) is 1. The molecule has 0 aromatic heterocycles. The molecule has 1 saturated heterocycles. The molecule has 1 heterocycles. The minimum absolute atomic E-state index is 0.00120. The number of nitrogens with zero attached hydrogens (tertiary/aromatic N) is 1. The number of carbonyl (C=O) groups excluding carboxylic acids is 2. The second kappa shape index (κ2) is 10.3. The van der Waals surface area contributed by atoms with Crippen LogP contribution in [0.1, 0.15) is 50.2 Å². The van der Waals surface area contributed by atoms with Crippen LogP contribution in [0.2, 0.25) is 0 Å². The van der Waals surface area contributed by atoms with Gasteiger partial charge < -0.3 is 20.1 Å². The number of benzene rings is 2. The third kappa shape index (κ3) is 5.08. The molecule has 4 rings (SSSR count). The number of alkyl carbamates (subject to hydrolysis) is 1. The van der Waals surface area contributed by atoms with E-state index in [2.05, 4.69) is 29.6 Å². The molecule has 1 aliphatic heterocycles. The van der Waals surface area contributed by atoms with E-state index < -0.39 is 18.0 Å². The van der Waals surface area contributed by atoms with Crippen molar-refractivity contribution in [3.63, 3.8) is 0 Å². The second-order valence-electron chi connectivity index (χ2n) is 9.46. The Kier molecular flexibility index (Phi) is 7.20. The van der Waals surface area contributed by atoms with Crippen molar-refractivity contribution in [3.05, 3.63) is 59.7 Å². The monoisotopic (exact) mass is 464 g/mol. The summed E-state index contributed by atoms with van der Waals surface area (Å²) in [7, 11) is 0. The van der Waals surface area contributed by atoms with Crippen LogP contribution in [0.4, 0.5) is 4.79 Å². The van der Waals surface area contributed by atoms with Crippen LogP contribution in [0.25, 0.3) is 11.1 Å². The van der Waals surface area contributed by atoms with Gasteiger partial charge in [-0.1, -0.05) is 55.5 Å². The van der Waals surface area contributed by atoms with Crippen molar-refractivity contribution in [3.8, 4) is 11.1 Å². The molecule has 0 bridgehead atoms. The van der Waals surface area contributed by atoms with E-state index in [1.807, 2.05) is 38.1 Å². The zero-order valence-corrected chi connectivity index (χ0v) is 19.7. The fourth-order valence-corrected chi connectivity index (χ4v) is 5.03.